The number of nitrogens with zero attached hydrogens (tertiary/aromatic N) is 3. The van der Waals surface area contributed by atoms with Crippen LogP contribution in [0.1, 0.15) is 15.4 Å². The molecule has 22 heavy (non-hydrogen) atoms. The van der Waals surface area contributed by atoms with Gasteiger partial charge < -0.3 is 10.2 Å². The molecule has 0 aliphatic rings. The second-order valence-corrected chi connectivity index (χ2v) is 6.50. The smallest absolute Gasteiger partial charge is 0.194 e. The third-order valence-electron chi connectivity index (χ3n) is 2.97. The molecule has 0 aliphatic heterocycles. The summed E-state index contributed by atoms with van der Waals surface area (Å²) in [5.41, 5.74) is 1.19. The third-order valence-corrected chi connectivity index (χ3v) is 4.14. The fourth-order valence-corrected chi connectivity index (χ4v) is 2.81. The highest BCUT2D eigenvalue weighted by Gasteiger charge is 2.07. The van der Waals surface area contributed by atoms with Crippen LogP contribution >= 0.6 is 46.9 Å². The number of guanidine groups is 1. The zero-order valence-electron chi connectivity index (χ0n) is 12.8. The predicted octanol–water partition coefficient (Wildman–Crippen LogP) is 3.93. The van der Waals surface area contributed by atoms with Gasteiger partial charge in [-0.2, -0.15) is 0 Å². The number of rotatable bonds is 4. The molecule has 0 bridgehead atoms. The molecule has 1 heterocycles. The summed E-state index contributed by atoms with van der Waals surface area (Å²) in [5, 5.41) is 5.14. The van der Waals surface area contributed by atoms with Crippen molar-refractivity contribution in [1.82, 2.24) is 15.2 Å². The summed E-state index contributed by atoms with van der Waals surface area (Å²) in [4.78, 5) is 11.9. The van der Waals surface area contributed by atoms with Crippen LogP contribution in [0.3, 0.4) is 0 Å². The van der Waals surface area contributed by atoms with Crippen molar-refractivity contribution in [2.45, 2.75) is 20.0 Å². The van der Waals surface area contributed by atoms with Crippen LogP contribution in [0.5, 0.6) is 0 Å². The van der Waals surface area contributed by atoms with Gasteiger partial charge in [0.1, 0.15) is 5.01 Å². The minimum absolute atomic E-state index is 0. The summed E-state index contributed by atoms with van der Waals surface area (Å²) in [6.45, 7) is 3.52. The van der Waals surface area contributed by atoms with E-state index in [0.29, 0.717) is 6.54 Å². The highest BCUT2D eigenvalue weighted by molar-refractivity contribution is 14.0. The van der Waals surface area contributed by atoms with E-state index in [9.17, 15) is 0 Å². The summed E-state index contributed by atoms with van der Waals surface area (Å²) in [6.07, 6.45) is 1.89. The number of aryl methyl sites for hydroxylation is 1. The van der Waals surface area contributed by atoms with E-state index in [2.05, 4.69) is 27.1 Å². The first-order valence-electron chi connectivity index (χ1n) is 6.66. The Labute approximate surface area is 157 Å². The van der Waals surface area contributed by atoms with E-state index in [1.807, 2.05) is 37.5 Å². The van der Waals surface area contributed by atoms with E-state index >= 15 is 0 Å². The Bertz CT molecular complexity index is 612. The zero-order chi connectivity index (χ0) is 15.2. The summed E-state index contributed by atoms with van der Waals surface area (Å²) >= 11 is 7.60. The van der Waals surface area contributed by atoms with Crippen molar-refractivity contribution in [2.75, 3.05) is 14.1 Å². The maximum atomic E-state index is 5.90. The minimum atomic E-state index is 0. The monoisotopic (exact) mass is 450 g/mol. The number of hydrogen-bond acceptors (Lipinski definition) is 3. The molecule has 0 aliphatic carbocycles. The Morgan fingerprint density at radius 1 is 1.36 bits per heavy atom. The van der Waals surface area contributed by atoms with E-state index in [4.69, 9.17) is 11.6 Å². The Kier molecular flexibility index (Phi) is 8.13. The molecular formula is C15H20ClIN4S. The average molecular weight is 451 g/mol. The van der Waals surface area contributed by atoms with E-state index in [1.54, 1.807) is 18.4 Å². The van der Waals surface area contributed by atoms with Crippen LogP contribution in [0, 0.1) is 6.92 Å². The van der Waals surface area contributed by atoms with Gasteiger partial charge in [0.25, 0.3) is 0 Å². The Morgan fingerprint density at radius 3 is 2.59 bits per heavy atom. The van der Waals surface area contributed by atoms with Crippen molar-refractivity contribution in [3.8, 4) is 0 Å². The summed E-state index contributed by atoms with van der Waals surface area (Å²) in [6, 6.07) is 7.85. The molecule has 1 N–H and O–H groups in total. The van der Waals surface area contributed by atoms with Crippen LogP contribution in [0.25, 0.3) is 0 Å². The topological polar surface area (TPSA) is 40.5 Å². The number of hydrogen-bond donors (Lipinski definition) is 1. The van der Waals surface area contributed by atoms with Gasteiger partial charge in [0.05, 0.1) is 6.54 Å². The molecule has 2 aromatic rings. The Hall–Kier alpha value is -0.860. The van der Waals surface area contributed by atoms with Crippen LogP contribution in [0.15, 0.2) is 35.5 Å². The zero-order valence-corrected chi connectivity index (χ0v) is 16.7. The summed E-state index contributed by atoms with van der Waals surface area (Å²) < 4.78 is 0. The molecule has 0 amide bonds. The number of benzene rings is 1. The molecule has 2 rings (SSSR count). The lowest BCUT2D eigenvalue weighted by Gasteiger charge is -2.21. The van der Waals surface area contributed by atoms with Crippen molar-refractivity contribution in [1.29, 1.82) is 0 Å². The lowest BCUT2D eigenvalue weighted by atomic mass is 10.2. The van der Waals surface area contributed by atoms with Crippen molar-refractivity contribution < 1.29 is 0 Å². The third kappa shape index (κ3) is 5.73. The maximum Gasteiger partial charge on any atom is 0.194 e. The molecule has 120 valence electrons. The Balaban J connectivity index is 0.00000242. The second-order valence-electron chi connectivity index (χ2n) is 4.75. The number of aromatic nitrogens is 1. The average Bonchev–Trinajstić information content (AvgIpc) is 2.88. The molecule has 0 saturated heterocycles. The van der Waals surface area contributed by atoms with Crippen molar-refractivity contribution in [3.63, 3.8) is 0 Å². The largest absolute Gasteiger partial charge is 0.350 e. The van der Waals surface area contributed by atoms with Gasteiger partial charge in [-0.15, -0.1) is 35.3 Å². The SMILES string of the molecule is CN=C(NCc1ncc(C)s1)N(C)Cc1ccc(Cl)cc1.I. The highest BCUT2D eigenvalue weighted by atomic mass is 127. The van der Waals surface area contributed by atoms with Gasteiger partial charge in [0, 0.05) is 36.7 Å². The van der Waals surface area contributed by atoms with Gasteiger partial charge in [-0.3, -0.25) is 4.99 Å². The van der Waals surface area contributed by atoms with Gasteiger partial charge in [-0.25, -0.2) is 4.98 Å². The number of aliphatic imine (C=N–C) groups is 1. The molecule has 1 aromatic carbocycles. The molecule has 0 atom stereocenters. The fraction of sp³-hybridized carbons (Fsp3) is 0.333. The van der Waals surface area contributed by atoms with Gasteiger partial charge in [0.15, 0.2) is 5.96 Å². The summed E-state index contributed by atoms with van der Waals surface area (Å²) in [5.74, 6) is 0.845. The molecule has 7 heteroatoms. The number of nitrogens with one attached hydrogen (secondary N) is 1. The lowest BCUT2D eigenvalue weighted by Crippen LogP contribution is -2.38. The quantitative estimate of drug-likeness (QED) is 0.436. The van der Waals surface area contributed by atoms with E-state index in [-0.39, 0.29) is 24.0 Å². The Morgan fingerprint density at radius 2 is 2.05 bits per heavy atom. The molecule has 0 radical (unpaired) electrons. The fourth-order valence-electron chi connectivity index (χ4n) is 1.96. The highest BCUT2D eigenvalue weighted by Crippen LogP contribution is 2.12. The van der Waals surface area contributed by atoms with E-state index < -0.39 is 0 Å². The van der Waals surface area contributed by atoms with E-state index in [1.165, 1.54) is 10.4 Å². The first-order valence-corrected chi connectivity index (χ1v) is 7.85. The van der Waals surface area contributed by atoms with Crippen LogP contribution in [-0.4, -0.2) is 29.9 Å². The van der Waals surface area contributed by atoms with Crippen LogP contribution < -0.4 is 5.32 Å². The molecule has 0 fully saturated rings. The molecular weight excluding hydrogens is 431 g/mol. The standard InChI is InChI=1S/C15H19ClN4S.HI/c1-11-8-18-14(21-11)9-19-15(17-2)20(3)10-12-4-6-13(16)7-5-12;/h4-8H,9-10H2,1-3H3,(H,17,19);1H. The molecule has 1 aromatic heterocycles. The van der Waals surface area contributed by atoms with Crippen molar-refractivity contribution in [3.05, 3.63) is 50.9 Å². The normalized spacial score (nSPS) is 11.0. The first-order chi connectivity index (χ1) is 10.1. The van der Waals surface area contributed by atoms with Gasteiger partial charge >= 0.3 is 0 Å². The van der Waals surface area contributed by atoms with Gasteiger partial charge in [-0.05, 0) is 24.6 Å². The molecule has 0 unspecified atom stereocenters. The first kappa shape index (κ1) is 19.2. The second kappa shape index (κ2) is 9.32. The van der Waals surface area contributed by atoms with Gasteiger partial charge in [-0.1, -0.05) is 23.7 Å². The van der Waals surface area contributed by atoms with Crippen molar-refractivity contribution >= 4 is 52.9 Å². The summed E-state index contributed by atoms with van der Waals surface area (Å²) in [7, 11) is 3.80. The van der Waals surface area contributed by atoms with E-state index in [0.717, 1.165) is 22.5 Å². The van der Waals surface area contributed by atoms with Crippen LogP contribution in [-0.2, 0) is 13.1 Å². The number of halogens is 2. The number of thiazole rings is 1. The molecule has 0 spiro atoms. The minimum Gasteiger partial charge on any atom is -0.350 e. The van der Waals surface area contributed by atoms with Gasteiger partial charge in [0.2, 0.25) is 0 Å². The predicted molar refractivity (Wildman–Crippen MR) is 105 cm³/mol. The molecule has 0 saturated carbocycles. The van der Waals surface area contributed by atoms with Crippen LogP contribution in [0.4, 0.5) is 0 Å². The molecule has 4 nitrogen and oxygen atoms in total. The van der Waals surface area contributed by atoms with Crippen LogP contribution in [0.2, 0.25) is 5.02 Å². The maximum absolute atomic E-state index is 5.90. The lowest BCUT2D eigenvalue weighted by molar-refractivity contribution is 0.476. The van der Waals surface area contributed by atoms with Crippen molar-refractivity contribution in [2.24, 2.45) is 4.99 Å².